The molecule has 32 heavy (non-hydrogen) atoms. The predicted molar refractivity (Wildman–Crippen MR) is 123 cm³/mol. The minimum absolute atomic E-state index is 0.134. The van der Waals surface area contributed by atoms with Gasteiger partial charge in [-0.1, -0.05) is 41.9 Å². The molecular formula is C22H27ClFN3O4S. The van der Waals surface area contributed by atoms with E-state index in [0.29, 0.717) is 0 Å². The number of rotatable bonds is 9. The van der Waals surface area contributed by atoms with E-state index in [4.69, 9.17) is 11.6 Å². The second-order valence-electron chi connectivity index (χ2n) is 7.67. The van der Waals surface area contributed by atoms with Crippen LogP contribution in [0.3, 0.4) is 0 Å². The van der Waals surface area contributed by atoms with Gasteiger partial charge in [-0.15, -0.1) is 0 Å². The van der Waals surface area contributed by atoms with Crippen molar-refractivity contribution in [2.45, 2.75) is 39.4 Å². The number of para-hydroxylation sites is 1. The van der Waals surface area contributed by atoms with Gasteiger partial charge in [0.25, 0.3) is 0 Å². The lowest BCUT2D eigenvalue weighted by atomic mass is 10.1. The number of hydrogen-bond acceptors (Lipinski definition) is 4. The maximum absolute atomic E-state index is 14.3. The molecule has 174 valence electrons. The van der Waals surface area contributed by atoms with Crippen LogP contribution >= 0.6 is 11.6 Å². The van der Waals surface area contributed by atoms with Crippen LogP contribution in [-0.4, -0.2) is 50.0 Å². The smallest absolute Gasteiger partial charge is 0.244 e. The van der Waals surface area contributed by atoms with E-state index in [0.717, 1.165) is 15.5 Å². The van der Waals surface area contributed by atoms with Crippen LogP contribution in [0, 0.1) is 5.82 Å². The van der Waals surface area contributed by atoms with E-state index in [1.54, 1.807) is 32.0 Å². The lowest BCUT2D eigenvalue weighted by Gasteiger charge is -2.32. The highest BCUT2D eigenvalue weighted by Gasteiger charge is 2.31. The molecular weight excluding hydrogens is 457 g/mol. The number of halogens is 2. The summed E-state index contributed by atoms with van der Waals surface area (Å²) in [6.45, 7) is 4.25. The van der Waals surface area contributed by atoms with E-state index in [1.807, 2.05) is 0 Å². The van der Waals surface area contributed by atoms with E-state index >= 15 is 0 Å². The number of amides is 2. The normalized spacial score (nSPS) is 12.3. The van der Waals surface area contributed by atoms with Crippen molar-refractivity contribution in [3.63, 3.8) is 0 Å². The van der Waals surface area contributed by atoms with Crippen LogP contribution in [0.2, 0.25) is 5.02 Å². The summed E-state index contributed by atoms with van der Waals surface area (Å²) in [6, 6.07) is 11.0. The molecule has 1 unspecified atom stereocenters. The number of benzene rings is 2. The van der Waals surface area contributed by atoms with Gasteiger partial charge < -0.3 is 10.2 Å². The predicted octanol–water partition coefficient (Wildman–Crippen LogP) is 3.19. The van der Waals surface area contributed by atoms with Gasteiger partial charge in [0.15, 0.2) is 0 Å². The number of sulfonamides is 1. The Morgan fingerprint density at radius 3 is 2.22 bits per heavy atom. The number of nitrogens with one attached hydrogen (secondary N) is 1. The zero-order valence-corrected chi connectivity index (χ0v) is 20.0. The molecule has 0 saturated carbocycles. The molecule has 0 fully saturated rings. The molecule has 1 N–H and O–H groups in total. The Bertz CT molecular complexity index is 1080. The van der Waals surface area contributed by atoms with Crippen LogP contribution in [0.4, 0.5) is 10.1 Å². The molecule has 0 aliphatic carbocycles. The number of anilines is 1. The fourth-order valence-corrected chi connectivity index (χ4v) is 4.20. The van der Waals surface area contributed by atoms with Crippen molar-refractivity contribution < 1.29 is 22.4 Å². The van der Waals surface area contributed by atoms with Gasteiger partial charge in [0, 0.05) is 18.2 Å². The minimum Gasteiger partial charge on any atom is -0.352 e. The lowest BCUT2D eigenvalue weighted by molar-refractivity contribution is -0.139. The molecule has 10 heteroatoms. The quantitative estimate of drug-likeness (QED) is 0.593. The second-order valence-corrected chi connectivity index (χ2v) is 9.99. The van der Waals surface area contributed by atoms with Gasteiger partial charge in [0.1, 0.15) is 18.4 Å². The van der Waals surface area contributed by atoms with Crippen LogP contribution < -0.4 is 9.62 Å². The van der Waals surface area contributed by atoms with E-state index in [2.05, 4.69) is 5.32 Å². The monoisotopic (exact) mass is 483 g/mol. The highest BCUT2D eigenvalue weighted by molar-refractivity contribution is 7.92. The Kier molecular flexibility index (Phi) is 8.63. The number of nitrogens with zero attached hydrogens (tertiary/aromatic N) is 2. The average molecular weight is 484 g/mol. The van der Waals surface area contributed by atoms with E-state index in [-0.39, 0.29) is 28.9 Å². The minimum atomic E-state index is -3.89. The first kappa shape index (κ1) is 25.6. The Labute approximate surface area is 193 Å². The fraction of sp³-hybridized carbons (Fsp3) is 0.364. The Balaban J connectivity index is 2.42. The molecule has 2 aromatic carbocycles. The van der Waals surface area contributed by atoms with Crippen LogP contribution in [0.5, 0.6) is 0 Å². The van der Waals surface area contributed by atoms with Crippen LogP contribution in [0.1, 0.15) is 26.3 Å². The number of hydrogen-bond donors (Lipinski definition) is 1. The molecule has 0 aliphatic rings. The van der Waals surface area contributed by atoms with Crippen molar-refractivity contribution in [3.8, 4) is 0 Å². The van der Waals surface area contributed by atoms with E-state index in [1.165, 1.54) is 37.3 Å². The van der Waals surface area contributed by atoms with Gasteiger partial charge in [-0.05, 0) is 39.0 Å². The summed E-state index contributed by atoms with van der Waals surface area (Å²) in [4.78, 5) is 27.1. The van der Waals surface area contributed by atoms with Crippen molar-refractivity contribution in [1.82, 2.24) is 10.2 Å². The molecule has 0 spiro atoms. The zero-order chi connectivity index (χ0) is 24.1. The topological polar surface area (TPSA) is 86.8 Å². The lowest BCUT2D eigenvalue weighted by Crippen LogP contribution is -2.52. The molecule has 0 radical (unpaired) electrons. The second kappa shape index (κ2) is 10.8. The molecule has 0 aromatic heterocycles. The third-order valence-electron chi connectivity index (χ3n) is 4.70. The molecule has 2 amide bonds. The first-order chi connectivity index (χ1) is 14.9. The van der Waals surface area contributed by atoms with Gasteiger partial charge in [-0.25, -0.2) is 12.8 Å². The molecule has 2 rings (SSSR count). The van der Waals surface area contributed by atoms with Crippen molar-refractivity contribution in [1.29, 1.82) is 0 Å². The standard InChI is InChI=1S/C22H27ClFN3O4S/c1-15(2)25-22(29)16(3)26(13-17-9-5-7-11-19(17)24)21(28)14-27(32(4,30)31)20-12-8-6-10-18(20)23/h5-12,15-16H,13-14H2,1-4H3,(H,25,29). The molecule has 7 nitrogen and oxygen atoms in total. The third-order valence-corrected chi connectivity index (χ3v) is 6.14. The highest BCUT2D eigenvalue weighted by Crippen LogP contribution is 2.27. The summed E-state index contributed by atoms with van der Waals surface area (Å²) in [7, 11) is -3.89. The maximum Gasteiger partial charge on any atom is 0.244 e. The largest absolute Gasteiger partial charge is 0.352 e. The van der Waals surface area contributed by atoms with Gasteiger partial charge in [0.05, 0.1) is 17.0 Å². The average Bonchev–Trinajstić information content (AvgIpc) is 2.70. The molecule has 0 aliphatic heterocycles. The Morgan fingerprint density at radius 2 is 1.66 bits per heavy atom. The van der Waals surface area contributed by atoms with E-state index in [9.17, 15) is 22.4 Å². The SMILES string of the molecule is CC(C)NC(=O)C(C)N(Cc1ccccc1F)C(=O)CN(c1ccccc1Cl)S(C)(=O)=O. The number of carbonyl (C=O) groups excluding carboxylic acids is 2. The Morgan fingerprint density at radius 1 is 1.06 bits per heavy atom. The summed E-state index contributed by atoms with van der Waals surface area (Å²) in [5.74, 6) is -1.65. The van der Waals surface area contributed by atoms with Crippen molar-refractivity contribution in [3.05, 3.63) is 64.9 Å². The third kappa shape index (κ3) is 6.67. The van der Waals surface area contributed by atoms with Gasteiger partial charge in [0.2, 0.25) is 21.8 Å². The van der Waals surface area contributed by atoms with Gasteiger partial charge >= 0.3 is 0 Å². The fourth-order valence-electron chi connectivity index (χ4n) is 3.05. The highest BCUT2D eigenvalue weighted by atomic mass is 35.5. The summed E-state index contributed by atoms with van der Waals surface area (Å²) in [6.07, 6.45) is 0.958. The van der Waals surface area contributed by atoms with Crippen LogP contribution in [0.25, 0.3) is 0 Å². The maximum atomic E-state index is 14.3. The van der Waals surface area contributed by atoms with Crippen molar-refractivity contribution in [2.24, 2.45) is 0 Å². The molecule has 0 saturated heterocycles. The summed E-state index contributed by atoms with van der Waals surface area (Å²) < 4.78 is 40.1. The van der Waals surface area contributed by atoms with Crippen molar-refractivity contribution in [2.75, 3.05) is 17.1 Å². The van der Waals surface area contributed by atoms with Gasteiger partial charge in [-0.3, -0.25) is 13.9 Å². The van der Waals surface area contributed by atoms with Crippen LogP contribution in [-0.2, 0) is 26.2 Å². The first-order valence-electron chi connectivity index (χ1n) is 9.97. The molecule has 0 heterocycles. The van der Waals surface area contributed by atoms with Gasteiger partial charge in [-0.2, -0.15) is 0 Å². The molecule has 1 atom stereocenters. The Hall–Kier alpha value is -2.65. The van der Waals surface area contributed by atoms with E-state index < -0.39 is 40.2 Å². The summed E-state index contributed by atoms with van der Waals surface area (Å²) in [5, 5.41) is 2.87. The number of carbonyl (C=O) groups is 2. The summed E-state index contributed by atoms with van der Waals surface area (Å²) in [5.41, 5.74) is 0.337. The molecule has 0 bridgehead atoms. The van der Waals surface area contributed by atoms with Crippen molar-refractivity contribution >= 4 is 39.1 Å². The first-order valence-corrected chi connectivity index (χ1v) is 12.2. The molecule has 2 aromatic rings. The zero-order valence-electron chi connectivity index (χ0n) is 18.4. The van der Waals surface area contributed by atoms with Crippen LogP contribution in [0.15, 0.2) is 48.5 Å². The summed E-state index contributed by atoms with van der Waals surface area (Å²) >= 11 is 6.16.